The van der Waals surface area contributed by atoms with Gasteiger partial charge in [0.25, 0.3) is 0 Å². The molecular formula is C8H8BN3. The molecule has 1 aromatic heterocycles. The second-order valence-corrected chi connectivity index (χ2v) is 2.74. The Labute approximate surface area is 71.2 Å². The molecule has 3 nitrogen and oxygen atoms in total. The minimum absolute atomic E-state index is 0.957. The van der Waals surface area contributed by atoms with E-state index < -0.39 is 0 Å². The topological polar surface area (TPSA) is 41.6 Å². The zero-order valence-electron chi connectivity index (χ0n) is 6.78. The summed E-state index contributed by atoms with van der Waals surface area (Å²) in [4.78, 5) is 0. The number of aromatic nitrogens is 3. The molecule has 0 bridgehead atoms. The summed E-state index contributed by atoms with van der Waals surface area (Å²) >= 11 is 0. The normalized spacial score (nSPS) is 10.0. The number of hydrogen-bond donors (Lipinski definition) is 1. The molecule has 0 fully saturated rings. The quantitative estimate of drug-likeness (QED) is 0.579. The molecule has 4 heteroatoms. The Bertz CT molecular complexity index is 370. The molecule has 1 N–H and O–H groups in total. The first-order valence-corrected chi connectivity index (χ1v) is 3.79. The second-order valence-electron chi connectivity index (χ2n) is 2.74. The number of nitrogens with one attached hydrogen (secondary N) is 1. The highest BCUT2D eigenvalue weighted by molar-refractivity contribution is 6.32. The lowest BCUT2D eigenvalue weighted by Gasteiger charge is -1.96. The fraction of sp³-hybridized carbons (Fsp3) is 0. The molecule has 0 radical (unpaired) electrons. The molecular weight excluding hydrogens is 149 g/mol. The molecule has 0 aliphatic rings. The predicted octanol–water partition coefficient (Wildman–Crippen LogP) is -0.270. The van der Waals surface area contributed by atoms with E-state index in [9.17, 15) is 0 Å². The van der Waals surface area contributed by atoms with Gasteiger partial charge >= 0.3 is 0 Å². The van der Waals surface area contributed by atoms with Crippen molar-refractivity contribution in [1.29, 1.82) is 0 Å². The van der Waals surface area contributed by atoms with Gasteiger partial charge in [-0.05, 0) is 0 Å². The SMILES string of the molecule is Bc1cccc(-c2cnn[nH]2)c1. The molecule has 2 rings (SSSR count). The summed E-state index contributed by atoms with van der Waals surface area (Å²) in [6.07, 6.45) is 1.72. The van der Waals surface area contributed by atoms with Crippen molar-refractivity contribution in [2.24, 2.45) is 0 Å². The summed E-state index contributed by atoms with van der Waals surface area (Å²) in [5, 5.41) is 10.2. The predicted molar refractivity (Wildman–Crippen MR) is 50.0 cm³/mol. The number of aromatic amines is 1. The van der Waals surface area contributed by atoms with Crippen molar-refractivity contribution < 1.29 is 0 Å². The van der Waals surface area contributed by atoms with E-state index in [1.54, 1.807) is 6.20 Å². The van der Waals surface area contributed by atoms with Crippen LogP contribution in [0, 0.1) is 0 Å². The monoisotopic (exact) mass is 157 g/mol. The summed E-state index contributed by atoms with van der Waals surface area (Å²) in [6.45, 7) is 0. The molecule has 0 spiro atoms. The van der Waals surface area contributed by atoms with Gasteiger partial charge in [-0.2, -0.15) is 0 Å². The molecule has 0 saturated carbocycles. The molecule has 0 atom stereocenters. The van der Waals surface area contributed by atoms with Gasteiger partial charge in [0.1, 0.15) is 7.85 Å². The molecule has 0 amide bonds. The van der Waals surface area contributed by atoms with Crippen LogP contribution in [0.25, 0.3) is 11.3 Å². The highest BCUT2D eigenvalue weighted by Crippen LogP contribution is 2.11. The summed E-state index contributed by atoms with van der Waals surface area (Å²) in [7, 11) is 2.06. The zero-order valence-corrected chi connectivity index (χ0v) is 6.78. The second kappa shape index (κ2) is 2.81. The third-order valence-corrected chi connectivity index (χ3v) is 1.74. The van der Waals surface area contributed by atoms with Gasteiger partial charge in [0.2, 0.25) is 0 Å². The van der Waals surface area contributed by atoms with Crippen LogP contribution >= 0.6 is 0 Å². The fourth-order valence-corrected chi connectivity index (χ4v) is 1.15. The fourth-order valence-electron chi connectivity index (χ4n) is 1.15. The van der Waals surface area contributed by atoms with E-state index in [2.05, 4.69) is 35.4 Å². The Morgan fingerprint density at radius 1 is 1.33 bits per heavy atom. The van der Waals surface area contributed by atoms with Crippen molar-refractivity contribution in [1.82, 2.24) is 15.4 Å². The lowest BCUT2D eigenvalue weighted by Crippen LogP contribution is -2.00. The van der Waals surface area contributed by atoms with Crippen molar-refractivity contribution in [2.45, 2.75) is 0 Å². The molecule has 1 heterocycles. The summed E-state index contributed by atoms with van der Waals surface area (Å²) in [5.74, 6) is 0. The van der Waals surface area contributed by atoms with Crippen LogP contribution in [0.2, 0.25) is 0 Å². The van der Waals surface area contributed by atoms with Gasteiger partial charge in [0.05, 0.1) is 11.9 Å². The number of rotatable bonds is 1. The minimum atomic E-state index is 0.957. The van der Waals surface area contributed by atoms with Crippen molar-refractivity contribution in [3.63, 3.8) is 0 Å². The molecule has 0 unspecified atom stereocenters. The third-order valence-electron chi connectivity index (χ3n) is 1.74. The average Bonchev–Trinajstić information content (AvgIpc) is 2.56. The Morgan fingerprint density at radius 2 is 2.25 bits per heavy atom. The van der Waals surface area contributed by atoms with E-state index in [4.69, 9.17) is 0 Å². The van der Waals surface area contributed by atoms with Crippen molar-refractivity contribution in [3.8, 4) is 11.3 Å². The Morgan fingerprint density at radius 3 is 2.92 bits per heavy atom. The maximum absolute atomic E-state index is 3.72. The maximum Gasteiger partial charge on any atom is 0.139 e. The number of hydrogen-bond acceptors (Lipinski definition) is 2. The zero-order chi connectivity index (χ0) is 8.39. The molecule has 0 saturated heterocycles. The van der Waals surface area contributed by atoms with Crippen LogP contribution in [0.4, 0.5) is 0 Å². The van der Waals surface area contributed by atoms with E-state index >= 15 is 0 Å². The van der Waals surface area contributed by atoms with Crippen LogP contribution in [0.3, 0.4) is 0 Å². The van der Waals surface area contributed by atoms with Gasteiger partial charge in [-0.15, -0.1) is 5.10 Å². The molecule has 1 aromatic carbocycles. The number of nitrogens with zero attached hydrogens (tertiary/aromatic N) is 2. The van der Waals surface area contributed by atoms with Crippen LogP contribution in [0.15, 0.2) is 30.5 Å². The van der Waals surface area contributed by atoms with Gasteiger partial charge < -0.3 is 0 Å². The number of H-pyrrole nitrogens is 1. The lowest BCUT2D eigenvalue weighted by molar-refractivity contribution is 0.942. The van der Waals surface area contributed by atoms with Crippen LogP contribution in [-0.2, 0) is 0 Å². The van der Waals surface area contributed by atoms with Crippen molar-refractivity contribution in [2.75, 3.05) is 0 Å². The molecule has 0 aliphatic heterocycles. The highest BCUT2D eigenvalue weighted by Gasteiger charge is 1.97. The molecule has 0 aliphatic carbocycles. The van der Waals surface area contributed by atoms with E-state index in [1.807, 2.05) is 12.1 Å². The van der Waals surface area contributed by atoms with E-state index in [-0.39, 0.29) is 0 Å². The van der Waals surface area contributed by atoms with Gasteiger partial charge in [0, 0.05) is 5.56 Å². The highest BCUT2D eigenvalue weighted by atomic mass is 15.3. The average molecular weight is 157 g/mol. The van der Waals surface area contributed by atoms with E-state index in [0.717, 1.165) is 11.3 Å². The molecule has 58 valence electrons. The summed E-state index contributed by atoms with van der Waals surface area (Å²) < 4.78 is 0. The standard InChI is InChI=1S/C8H8BN3/c9-7-3-1-2-6(4-7)8-5-10-12-11-8/h1-5H,9H2,(H,10,11,12). The Balaban J connectivity index is 2.48. The van der Waals surface area contributed by atoms with Gasteiger partial charge in [-0.1, -0.05) is 34.9 Å². The van der Waals surface area contributed by atoms with Crippen LogP contribution < -0.4 is 5.46 Å². The van der Waals surface area contributed by atoms with E-state index in [0.29, 0.717) is 0 Å². The van der Waals surface area contributed by atoms with Crippen molar-refractivity contribution in [3.05, 3.63) is 30.5 Å². The van der Waals surface area contributed by atoms with Gasteiger partial charge in [0.15, 0.2) is 0 Å². The maximum atomic E-state index is 3.72. The molecule has 12 heavy (non-hydrogen) atoms. The van der Waals surface area contributed by atoms with Gasteiger partial charge in [-0.25, -0.2) is 0 Å². The Kier molecular flexibility index (Phi) is 1.66. The van der Waals surface area contributed by atoms with Crippen LogP contribution in [-0.4, -0.2) is 23.3 Å². The van der Waals surface area contributed by atoms with Crippen molar-refractivity contribution >= 4 is 13.3 Å². The summed E-state index contributed by atoms with van der Waals surface area (Å²) in [5.41, 5.74) is 3.32. The first-order valence-electron chi connectivity index (χ1n) is 3.79. The first kappa shape index (κ1) is 7.09. The molecule has 2 aromatic rings. The van der Waals surface area contributed by atoms with Crippen LogP contribution in [0.5, 0.6) is 0 Å². The largest absolute Gasteiger partial charge is 0.258 e. The number of benzene rings is 1. The van der Waals surface area contributed by atoms with E-state index in [1.165, 1.54) is 5.46 Å². The lowest BCUT2D eigenvalue weighted by atomic mass is 9.94. The summed E-state index contributed by atoms with van der Waals surface area (Å²) in [6, 6.07) is 8.20. The minimum Gasteiger partial charge on any atom is -0.258 e. The Hall–Kier alpha value is -1.58. The first-order chi connectivity index (χ1) is 5.86. The van der Waals surface area contributed by atoms with Gasteiger partial charge in [-0.3, -0.25) is 5.10 Å². The smallest absolute Gasteiger partial charge is 0.139 e. The third kappa shape index (κ3) is 1.23. The van der Waals surface area contributed by atoms with Crippen LogP contribution in [0.1, 0.15) is 0 Å².